The minimum atomic E-state index is -4.37. The van der Waals surface area contributed by atoms with Gasteiger partial charge < -0.3 is 9.67 Å². The third kappa shape index (κ3) is 5.92. The minimum Gasteiger partial charge on any atom is -0.396 e. The van der Waals surface area contributed by atoms with Crippen LogP contribution in [0.3, 0.4) is 0 Å². The van der Waals surface area contributed by atoms with Gasteiger partial charge in [-0.2, -0.15) is 13.2 Å². The summed E-state index contributed by atoms with van der Waals surface area (Å²) in [6.45, 7) is 11.9. The fraction of sp³-hybridized carbons (Fsp3) is 0.407. The second kappa shape index (κ2) is 10.2. The van der Waals surface area contributed by atoms with E-state index >= 15 is 0 Å². The Hall–Kier alpha value is -3.15. The molecule has 4 rings (SSSR count). The fourth-order valence-corrected chi connectivity index (χ4v) is 4.81. The molecule has 0 spiro atoms. The fourth-order valence-electron chi connectivity index (χ4n) is 4.81. The smallest absolute Gasteiger partial charge is 0.396 e. The molecule has 1 fully saturated rings. The highest BCUT2D eigenvalue weighted by atomic mass is 19.4. The van der Waals surface area contributed by atoms with Crippen molar-refractivity contribution in [3.63, 3.8) is 0 Å². The van der Waals surface area contributed by atoms with E-state index < -0.39 is 17.2 Å². The predicted molar refractivity (Wildman–Crippen MR) is 128 cm³/mol. The lowest BCUT2D eigenvalue weighted by Gasteiger charge is -2.41. The van der Waals surface area contributed by atoms with Crippen LogP contribution in [0.4, 0.5) is 18.9 Å². The van der Waals surface area contributed by atoms with Gasteiger partial charge in [-0.3, -0.25) is 4.90 Å². The van der Waals surface area contributed by atoms with Crippen molar-refractivity contribution < 1.29 is 18.3 Å². The maximum absolute atomic E-state index is 13.1. The quantitative estimate of drug-likeness (QED) is 0.444. The van der Waals surface area contributed by atoms with Crippen LogP contribution in [0.2, 0.25) is 0 Å². The summed E-state index contributed by atoms with van der Waals surface area (Å²) in [6.07, 6.45) is -0.625. The molecule has 0 atom stereocenters. The van der Waals surface area contributed by atoms with E-state index in [0.29, 0.717) is 43.6 Å². The first-order valence-electron chi connectivity index (χ1n) is 11.7. The van der Waals surface area contributed by atoms with Gasteiger partial charge in [0, 0.05) is 25.9 Å². The second-order valence-electron chi connectivity index (χ2n) is 9.47. The summed E-state index contributed by atoms with van der Waals surface area (Å²) in [5, 5.41) is 10.2. The molecule has 35 heavy (non-hydrogen) atoms. The highest BCUT2D eigenvalue weighted by Crippen LogP contribution is 2.37. The number of imidazole rings is 1. The molecule has 2 heterocycles. The van der Waals surface area contributed by atoms with Crippen molar-refractivity contribution in [2.75, 3.05) is 19.7 Å². The van der Waals surface area contributed by atoms with Gasteiger partial charge in [0.1, 0.15) is 5.82 Å². The number of alkyl halides is 3. The van der Waals surface area contributed by atoms with Gasteiger partial charge in [-0.25, -0.2) is 9.83 Å². The molecule has 1 aromatic heterocycles. The lowest BCUT2D eigenvalue weighted by molar-refractivity contribution is -0.137. The van der Waals surface area contributed by atoms with Gasteiger partial charge in [0.05, 0.1) is 17.8 Å². The molecule has 5 nitrogen and oxygen atoms in total. The first kappa shape index (κ1) is 25.0. The number of nitrogens with zero attached hydrogens (tertiary/aromatic N) is 4. The van der Waals surface area contributed by atoms with Gasteiger partial charge in [0.15, 0.2) is 5.69 Å². The minimum absolute atomic E-state index is 0.0469. The molecule has 3 aromatic rings. The molecular weight excluding hydrogens is 453 g/mol. The topological polar surface area (TPSA) is 45.6 Å². The number of aliphatic hydroxyl groups excluding tert-OH is 1. The van der Waals surface area contributed by atoms with Crippen LogP contribution in [0.1, 0.15) is 41.1 Å². The van der Waals surface area contributed by atoms with Crippen molar-refractivity contribution in [3.8, 4) is 0 Å². The summed E-state index contributed by atoms with van der Waals surface area (Å²) in [7, 11) is 0. The van der Waals surface area contributed by atoms with Crippen LogP contribution in [0, 0.1) is 18.9 Å². The Morgan fingerprint density at radius 2 is 1.77 bits per heavy atom. The lowest BCUT2D eigenvalue weighted by atomic mass is 9.74. The average molecular weight is 483 g/mol. The van der Waals surface area contributed by atoms with Crippen LogP contribution in [0.15, 0.2) is 54.7 Å². The van der Waals surface area contributed by atoms with Crippen molar-refractivity contribution in [2.45, 2.75) is 45.5 Å². The van der Waals surface area contributed by atoms with Crippen LogP contribution < -0.4 is 0 Å². The van der Waals surface area contributed by atoms with E-state index in [1.807, 2.05) is 37.4 Å². The SMILES string of the molecule is [C-]#[N+]c1ccc(Cn2c(CN3CCC(CO)(Cc4cccc(C(F)(F)F)c4)CC3)cnc2C)cc1. The van der Waals surface area contributed by atoms with Gasteiger partial charge in [-0.15, -0.1) is 0 Å². The molecule has 0 radical (unpaired) electrons. The van der Waals surface area contributed by atoms with Crippen molar-refractivity contribution in [1.82, 2.24) is 14.5 Å². The Labute approximate surface area is 203 Å². The number of halogens is 3. The number of hydrogen-bond acceptors (Lipinski definition) is 3. The van der Waals surface area contributed by atoms with Gasteiger partial charge in [0.2, 0.25) is 0 Å². The zero-order chi connectivity index (χ0) is 25.1. The zero-order valence-electron chi connectivity index (χ0n) is 19.7. The number of piperidine rings is 1. The molecule has 0 amide bonds. The molecule has 1 saturated heterocycles. The van der Waals surface area contributed by atoms with Gasteiger partial charge in [-0.05, 0) is 61.9 Å². The van der Waals surface area contributed by atoms with Crippen LogP contribution >= 0.6 is 0 Å². The van der Waals surface area contributed by atoms with Crippen molar-refractivity contribution in [3.05, 3.63) is 94.4 Å². The van der Waals surface area contributed by atoms with Crippen LogP contribution in [0.5, 0.6) is 0 Å². The third-order valence-electron chi connectivity index (χ3n) is 7.02. The molecular formula is C27H29F3N4O. The first-order chi connectivity index (χ1) is 16.7. The molecule has 1 aliphatic heterocycles. The number of benzene rings is 2. The van der Waals surface area contributed by atoms with E-state index in [0.717, 1.165) is 36.2 Å². The Morgan fingerprint density at radius 3 is 2.40 bits per heavy atom. The van der Waals surface area contributed by atoms with Gasteiger partial charge in [-0.1, -0.05) is 42.5 Å². The number of rotatable bonds is 7. The summed E-state index contributed by atoms with van der Waals surface area (Å²) in [5.74, 6) is 0.917. The summed E-state index contributed by atoms with van der Waals surface area (Å²) >= 11 is 0. The molecule has 184 valence electrons. The van der Waals surface area contributed by atoms with Gasteiger partial charge >= 0.3 is 6.18 Å². The van der Waals surface area contributed by atoms with Gasteiger partial charge in [0.25, 0.3) is 0 Å². The average Bonchev–Trinajstić information content (AvgIpc) is 3.19. The standard InChI is InChI=1S/C27H29F3N4O/c1-20-32-16-25(34(20)17-21-6-8-24(31-2)9-7-21)18-33-12-10-26(19-35,11-13-33)15-22-4-3-5-23(14-22)27(28,29)30/h3-9,14,16,35H,10-13,15,17-19H2,1H3. The summed E-state index contributed by atoms with van der Waals surface area (Å²) in [6, 6.07) is 13.0. The Kier molecular flexibility index (Phi) is 7.29. The van der Waals surface area contributed by atoms with Crippen LogP contribution in [-0.2, 0) is 25.7 Å². The van der Waals surface area contributed by atoms with E-state index in [9.17, 15) is 18.3 Å². The number of aromatic nitrogens is 2. The molecule has 0 bridgehead atoms. The number of hydrogen-bond donors (Lipinski definition) is 1. The number of likely N-dealkylation sites (tertiary alicyclic amines) is 1. The number of aryl methyl sites for hydroxylation is 1. The highest BCUT2D eigenvalue weighted by molar-refractivity contribution is 5.45. The largest absolute Gasteiger partial charge is 0.416 e. The molecule has 8 heteroatoms. The molecule has 0 aliphatic carbocycles. The number of aliphatic hydroxyl groups is 1. The highest BCUT2D eigenvalue weighted by Gasteiger charge is 2.36. The Bertz CT molecular complexity index is 1190. The molecule has 0 unspecified atom stereocenters. The van der Waals surface area contributed by atoms with Crippen molar-refractivity contribution in [1.29, 1.82) is 0 Å². The molecule has 1 N–H and O–H groups in total. The summed E-state index contributed by atoms with van der Waals surface area (Å²) in [4.78, 5) is 10.2. The van der Waals surface area contributed by atoms with Crippen molar-refractivity contribution in [2.24, 2.45) is 5.41 Å². The van der Waals surface area contributed by atoms with E-state index in [1.165, 1.54) is 12.1 Å². The molecule has 1 aliphatic rings. The van der Waals surface area contributed by atoms with Crippen molar-refractivity contribution >= 4 is 5.69 Å². The maximum Gasteiger partial charge on any atom is 0.416 e. The normalized spacial score (nSPS) is 16.2. The van der Waals surface area contributed by atoms with Crippen LogP contribution in [-0.4, -0.2) is 39.3 Å². The third-order valence-corrected chi connectivity index (χ3v) is 7.02. The lowest BCUT2D eigenvalue weighted by Crippen LogP contribution is -2.43. The maximum atomic E-state index is 13.1. The van der Waals surface area contributed by atoms with E-state index in [-0.39, 0.29) is 6.61 Å². The summed E-state index contributed by atoms with van der Waals surface area (Å²) < 4.78 is 41.5. The van der Waals surface area contributed by atoms with E-state index in [1.54, 1.807) is 6.07 Å². The molecule has 0 saturated carbocycles. The predicted octanol–water partition coefficient (Wildman–Crippen LogP) is 5.63. The monoisotopic (exact) mass is 482 g/mol. The van der Waals surface area contributed by atoms with E-state index in [4.69, 9.17) is 6.57 Å². The Morgan fingerprint density at radius 1 is 1.06 bits per heavy atom. The Balaban J connectivity index is 1.40. The summed E-state index contributed by atoms with van der Waals surface area (Å²) in [5.41, 5.74) is 2.35. The second-order valence-corrected chi connectivity index (χ2v) is 9.47. The molecule has 2 aromatic carbocycles. The first-order valence-corrected chi connectivity index (χ1v) is 11.7. The zero-order valence-corrected chi connectivity index (χ0v) is 19.7. The van der Waals surface area contributed by atoms with Crippen LogP contribution in [0.25, 0.3) is 4.85 Å². The van der Waals surface area contributed by atoms with E-state index in [2.05, 4.69) is 19.3 Å².